The van der Waals surface area contributed by atoms with Crippen molar-refractivity contribution in [3.63, 3.8) is 0 Å². The third-order valence-corrected chi connectivity index (χ3v) is 6.26. The molecule has 1 N–H and O–H groups in total. The molecule has 150 valence electrons. The summed E-state index contributed by atoms with van der Waals surface area (Å²) in [6.07, 6.45) is 7.86. The summed E-state index contributed by atoms with van der Waals surface area (Å²) in [7, 11) is 0. The minimum atomic E-state index is -0.132. The Bertz CT molecular complexity index is 826. The second-order valence-corrected chi connectivity index (χ2v) is 8.21. The van der Waals surface area contributed by atoms with Crippen molar-refractivity contribution in [2.24, 2.45) is 0 Å². The first-order valence-electron chi connectivity index (χ1n) is 10.0. The van der Waals surface area contributed by atoms with Gasteiger partial charge in [-0.3, -0.25) is 14.2 Å². The fraction of sp³-hybridized carbons (Fsp3) is 0.579. The van der Waals surface area contributed by atoms with Crippen LogP contribution in [-0.4, -0.2) is 64.2 Å². The van der Waals surface area contributed by atoms with Crippen LogP contribution in [0.5, 0.6) is 0 Å². The van der Waals surface area contributed by atoms with E-state index in [9.17, 15) is 9.59 Å². The Hall–Kier alpha value is -2.42. The fourth-order valence-corrected chi connectivity index (χ4v) is 4.65. The third-order valence-electron chi connectivity index (χ3n) is 5.28. The topological polar surface area (TPSA) is 83.4 Å². The monoisotopic (exact) mass is 402 g/mol. The van der Waals surface area contributed by atoms with Crippen LogP contribution in [0, 0.1) is 0 Å². The number of carbonyl (C=O) groups excluding carboxylic acids is 2. The average Bonchev–Trinajstić information content (AvgIpc) is 3.46. The van der Waals surface area contributed by atoms with Gasteiger partial charge in [0.2, 0.25) is 16.2 Å². The van der Waals surface area contributed by atoms with Crippen molar-refractivity contribution in [3.05, 3.63) is 24.0 Å². The Morgan fingerprint density at radius 3 is 2.71 bits per heavy atom. The Labute approximate surface area is 168 Å². The zero-order valence-corrected chi connectivity index (χ0v) is 16.8. The molecule has 8 nitrogen and oxygen atoms in total. The van der Waals surface area contributed by atoms with Crippen LogP contribution < -0.4 is 10.2 Å². The molecule has 2 aliphatic rings. The van der Waals surface area contributed by atoms with Crippen LogP contribution >= 0.6 is 11.3 Å². The van der Waals surface area contributed by atoms with E-state index >= 15 is 0 Å². The zero-order chi connectivity index (χ0) is 19.3. The summed E-state index contributed by atoms with van der Waals surface area (Å²) < 4.78 is 1.80. The van der Waals surface area contributed by atoms with E-state index in [4.69, 9.17) is 0 Å². The quantitative estimate of drug-likeness (QED) is 0.717. The Morgan fingerprint density at radius 1 is 1.11 bits per heavy atom. The molecular weight excluding hydrogens is 376 g/mol. The average molecular weight is 403 g/mol. The predicted octanol–water partition coefficient (Wildman–Crippen LogP) is 2.06. The van der Waals surface area contributed by atoms with Gasteiger partial charge in [-0.1, -0.05) is 11.3 Å². The van der Waals surface area contributed by atoms with Crippen molar-refractivity contribution in [2.45, 2.75) is 38.5 Å². The molecule has 9 heteroatoms. The first kappa shape index (κ1) is 18.9. The Balaban J connectivity index is 1.33. The lowest BCUT2D eigenvalue weighted by Crippen LogP contribution is -2.31. The highest BCUT2D eigenvalue weighted by Gasteiger charge is 2.20. The van der Waals surface area contributed by atoms with Gasteiger partial charge in [-0.2, -0.15) is 0 Å². The molecule has 2 aliphatic heterocycles. The van der Waals surface area contributed by atoms with E-state index in [1.54, 1.807) is 10.6 Å². The summed E-state index contributed by atoms with van der Waals surface area (Å²) in [6, 6.07) is 3.64. The normalized spacial score (nSPS) is 17.4. The van der Waals surface area contributed by atoms with Gasteiger partial charge in [0.1, 0.15) is 5.69 Å². The SMILES string of the molecule is O=C(NCCCN1CCCC1=O)c1cccn1-c1nnc(N2CCCCC2)s1. The largest absolute Gasteiger partial charge is 0.351 e. The van der Waals surface area contributed by atoms with Gasteiger partial charge in [0.05, 0.1) is 0 Å². The van der Waals surface area contributed by atoms with Crippen LogP contribution in [0.3, 0.4) is 0 Å². The molecule has 2 saturated heterocycles. The van der Waals surface area contributed by atoms with Gasteiger partial charge in [0.25, 0.3) is 5.91 Å². The van der Waals surface area contributed by atoms with Crippen molar-refractivity contribution in [2.75, 3.05) is 37.6 Å². The molecule has 0 radical (unpaired) electrons. The van der Waals surface area contributed by atoms with E-state index < -0.39 is 0 Å². The molecular formula is C19H26N6O2S. The summed E-state index contributed by atoms with van der Waals surface area (Å²) in [5, 5.41) is 13.2. The number of rotatable bonds is 7. The van der Waals surface area contributed by atoms with Crippen LogP contribution in [0.1, 0.15) is 49.0 Å². The number of hydrogen-bond acceptors (Lipinski definition) is 6. The van der Waals surface area contributed by atoms with E-state index in [2.05, 4.69) is 20.4 Å². The highest BCUT2D eigenvalue weighted by molar-refractivity contribution is 7.17. The van der Waals surface area contributed by atoms with Gasteiger partial charge in [0, 0.05) is 45.3 Å². The number of aromatic nitrogens is 3. The minimum absolute atomic E-state index is 0.132. The maximum atomic E-state index is 12.6. The summed E-state index contributed by atoms with van der Waals surface area (Å²) in [4.78, 5) is 28.4. The van der Waals surface area contributed by atoms with Crippen molar-refractivity contribution in [1.82, 2.24) is 25.0 Å². The Morgan fingerprint density at radius 2 is 1.93 bits per heavy atom. The minimum Gasteiger partial charge on any atom is -0.351 e. The second-order valence-electron chi connectivity index (χ2n) is 7.27. The molecule has 0 saturated carbocycles. The van der Waals surface area contributed by atoms with E-state index in [1.165, 1.54) is 30.6 Å². The van der Waals surface area contributed by atoms with Crippen LogP contribution in [0.4, 0.5) is 5.13 Å². The standard InChI is InChI=1S/C19H26N6O2S/c26-16-8-5-12-23(16)13-6-9-20-17(27)15-7-4-14-25(15)19-22-21-18(28-19)24-10-2-1-3-11-24/h4,7,14H,1-3,5-6,8-13H2,(H,20,27). The molecule has 2 amide bonds. The summed E-state index contributed by atoms with van der Waals surface area (Å²) >= 11 is 1.52. The van der Waals surface area contributed by atoms with E-state index in [0.29, 0.717) is 30.3 Å². The highest BCUT2D eigenvalue weighted by Crippen LogP contribution is 2.26. The molecule has 0 atom stereocenters. The van der Waals surface area contributed by atoms with Gasteiger partial charge >= 0.3 is 0 Å². The van der Waals surface area contributed by atoms with E-state index in [0.717, 1.165) is 37.6 Å². The van der Waals surface area contributed by atoms with Crippen molar-refractivity contribution < 1.29 is 9.59 Å². The zero-order valence-electron chi connectivity index (χ0n) is 16.0. The lowest BCUT2D eigenvalue weighted by molar-refractivity contribution is -0.127. The molecule has 0 aliphatic carbocycles. The maximum Gasteiger partial charge on any atom is 0.268 e. The predicted molar refractivity (Wildman–Crippen MR) is 108 cm³/mol. The lowest BCUT2D eigenvalue weighted by atomic mass is 10.1. The molecule has 0 unspecified atom stereocenters. The van der Waals surface area contributed by atoms with Gasteiger partial charge in [-0.25, -0.2) is 0 Å². The number of nitrogens with one attached hydrogen (secondary N) is 1. The number of nitrogens with zero attached hydrogens (tertiary/aromatic N) is 5. The molecule has 0 bridgehead atoms. The van der Waals surface area contributed by atoms with Gasteiger partial charge in [0.15, 0.2) is 0 Å². The first-order chi connectivity index (χ1) is 13.7. The smallest absolute Gasteiger partial charge is 0.268 e. The van der Waals surface area contributed by atoms with E-state index in [1.807, 2.05) is 17.2 Å². The molecule has 2 aromatic rings. The van der Waals surface area contributed by atoms with Gasteiger partial charge < -0.3 is 15.1 Å². The van der Waals surface area contributed by atoms with Crippen LogP contribution in [0.15, 0.2) is 18.3 Å². The number of piperidine rings is 1. The molecule has 2 aromatic heterocycles. The number of likely N-dealkylation sites (tertiary alicyclic amines) is 1. The van der Waals surface area contributed by atoms with Crippen LogP contribution in [0.2, 0.25) is 0 Å². The summed E-state index contributed by atoms with van der Waals surface area (Å²) in [5.74, 6) is 0.0912. The van der Waals surface area contributed by atoms with Gasteiger partial charge in [-0.05, 0) is 44.2 Å². The van der Waals surface area contributed by atoms with Gasteiger partial charge in [-0.15, -0.1) is 10.2 Å². The second kappa shape index (κ2) is 8.72. The lowest BCUT2D eigenvalue weighted by Gasteiger charge is -2.25. The number of carbonyl (C=O) groups is 2. The number of hydrogen-bond donors (Lipinski definition) is 1. The molecule has 4 rings (SSSR count). The van der Waals surface area contributed by atoms with Crippen LogP contribution in [0.25, 0.3) is 5.13 Å². The first-order valence-corrected chi connectivity index (χ1v) is 10.9. The van der Waals surface area contributed by atoms with Crippen molar-refractivity contribution >= 4 is 28.3 Å². The summed E-state index contributed by atoms with van der Waals surface area (Å²) in [5.41, 5.74) is 0.554. The third kappa shape index (κ3) is 4.19. The molecule has 0 aromatic carbocycles. The van der Waals surface area contributed by atoms with Crippen LogP contribution in [-0.2, 0) is 4.79 Å². The fourth-order valence-electron chi connectivity index (χ4n) is 3.75. The maximum absolute atomic E-state index is 12.6. The molecule has 28 heavy (non-hydrogen) atoms. The van der Waals surface area contributed by atoms with Crippen molar-refractivity contribution in [1.29, 1.82) is 0 Å². The molecule has 2 fully saturated rings. The van der Waals surface area contributed by atoms with Crippen molar-refractivity contribution in [3.8, 4) is 5.13 Å². The number of anilines is 1. The summed E-state index contributed by atoms with van der Waals surface area (Å²) in [6.45, 7) is 4.13. The number of amides is 2. The van der Waals surface area contributed by atoms with E-state index in [-0.39, 0.29) is 11.8 Å². The molecule has 0 spiro atoms. The Kier molecular flexibility index (Phi) is 5.90. The molecule has 4 heterocycles. The highest BCUT2D eigenvalue weighted by atomic mass is 32.1.